The molecule has 0 heteroatoms. The Kier molecular flexibility index (Phi) is 8.07. The van der Waals surface area contributed by atoms with E-state index >= 15 is 0 Å². The van der Waals surface area contributed by atoms with Crippen LogP contribution in [0.2, 0.25) is 0 Å². The fraction of sp³-hybridized carbons (Fsp3) is 0.123. The van der Waals surface area contributed by atoms with Gasteiger partial charge in [0.1, 0.15) is 0 Å². The van der Waals surface area contributed by atoms with Gasteiger partial charge in [0.2, 0.25) is 0 Å². The highest BCUT2D eigenvalue weighted by Gasteiger charge is 2.47. The third-order valence-electron chi connectivity index (χ3n) is 12.9. The van der Waals surface area contributed by atoms with E-state index < -0.39 is 0 Å². The minimum atomic E-state index is 0.654. The van der Waals surface area contributed by atoms with Gasteiger partial charge < -0.3 is 0 Å². The molecule has 3 aliphatic rings. The van der Waals surface area contributed by atoms with Crippen LogP contribution >= 0.6 is 0 Å². The highest BCUT2D eigenvalue weighted by Crippen LogP contribution is 2.63. The van der Waals surface area contributed by atoms with Crippen molar-refractivity contribution < 1.29 is 0 Å². The zero-order chi connectivity index (χ0) is 38.0. The van der Waals surface area contributed by atoms with Crippen LogP contribution in [0.3, 0.4) is 0 Å². The zero-order valence-corrected chi connectivity index (χ0v) is 32.6. The normalized spacial score (nSPS) is 16.8. The first-order valence-corrected chi connectivity index (χ1v) is 20.9. The van der Waals surface area contributed by atoms with Crippen LogP contribution in [-0.2, 0) is 0 Å². The van der Waals surface area contributed by atoms with Crippen molar-refractivity contribution in [2.45, 2.75) is 39.0 Å². The Hall–Kier alpha value is -6.50. The molecule has 1 saturated carbocycles. The summed E-state index contributed by atoms with van der Waals surface area (Å²) in [5.74, 6) is 1.34. The summed E-state index contributed by atoms with van der Waals surface area (Å²) in [6.07, 6.45) is 6.09. The largest absolute Gasteiger partial charge is 0.0683 e. The van der Waals surface area contributed by atoms with E-state index in [-0.39, 0.29) is 0 Å². The van der Waals surface area contributed by atoms with E-state index in [2.05, 4.69) is 182 Å². The van der Waals surface area contributed by atoms with Crippen molar-refractivity contribution in [3.8, 4) is 33.4 Å². The van der Waals surface area contributed by atoms with Crippen molar-refractivity contribution in [2.24, 2.45) is 5.92 Å². The van der Waals surface area contributed by atoms with Gasteiger partial charge >= 0.3 is 0 Å². The van der Waals surface area contributed by atoms with Gasteiger partial charge in [0.05, 0.1) is 0 Å². The molecule has 2 atom stereocenters. The molecule has 12 rings (SSSR count). The van der Waals surface area contributed by atoms with Gasteiger partial charge in [0.25, 0.3) is 0 Å². The fourth-order valence-electron chi connectivity index (χ4n) is 10.5. The lowest BCUT2D eigenvalue weighted by atomic mass is 9.74. The molecule has 272 valence electrons. The van der Waals surface area contributed by atoms with Gasteiger partial charge in [-0.1, -0.05) is 201 Å². The summed E-state index contributed by atoms with van der Waals surface area (Å²) >= 11 is 0. The van der Waals surface area contributed by atoms with Gasteiger partial charge in [0, 0.05) is 0 Å². The lowest BCUT2D eigenvalue weighted by Gasteiger charge is -2.30. The molecule has 0 radical (unpaired) electrons. The minimum Gasteiger partial charge on any atom is -0.0683 e. The average Bonchev–Trinajstić information content (AvgIpc) is 4.10. The van der Waals surface area contributed by atoms with Crippen LogP contribution < -0.4 is 0 Å². The second kappa shape index (κ2) is 13.6. The summed E-state index contributed by atoms with van der Waals surface area (Å²) in [7, 11) is 0. The van der Waals surface area contributed by atoms with Crippen LogP contribution in [0.15, 0.2) is 188 Å². The van der Waals surface area contributed by atoms with Gasteiger partial charge in [-0.2, -0.15) is 0 Å². The van der Waals surface area contributed by atoms with Gasteiger partial charge in [-0.05, 0) is 135 Å². The quantitative estimate of drug-likeness (QED) is 0.158. The number of hydrogen-bond acceptors (Lipinski definition) is 0. The topological polar surface area (TPSA) is 0 Å². The second-order valence-corrected chi connectivity index (χ2v) is 15.8. The number of hydrogen-bond donors (Lipinski definition) is 0. The Labute approximate surface area is 335 Å². The maximum atomic E-state index is 2.62. The molecular formula is C57H44. The van der Waals surface area contributed by atoms with Crippen LogP contribution in [0.25, 0.3) is 87.6 Å². The van der Waals surface area contributed by atoms with Crippen molar-refractivity contribution in [3.05, 3.63) is 204 Å². The van der Waals surface area contributed by atoms with Gasteiger partial charge in [0.15, 0.2) is 0 Å². The number of rotatable bonds is 4. The molecule has 9 aromatic rings. The molecule has 0 amide bonds. The van der Waals surface area contributed by atoms with E-state index in [0.717, 1.165) is 12.8 Å². The third-order valence-corrected chi connectivity index (χ3v) is 12.9. The Morgan fingerprint density at radius 2 is 0.807 bits per heavy atom. The third kappa shape index (κ3) is 5.28. The monoisotopic (exact) mass is 728 g/mol. The van der Waals surface area contributed by atoms with Crippen molar-refractivity contribution >= 4 is 54.2 Å². The van der Waals surface area contributed by atoms with Crippen molar-refractivity contribution in [3.63, 3.8) is 0 Å². The van der Waals surface area contributed by atoms with Crippen molar-refractivity contribution in [1.82, 2.24) is 0 Å². The van der Waals surface area contributed by atoms with Crippen molar-refractivity contribution in [2.75, 3.05) is 0 Å². The Bertz CT molecular complexity index is 3070. The number of benzene rings is 9. The summed E-state index contributed by atoms with van der Waals surface area (Å²) in [5, 5.41) is 10.5. The summed E-state index contributed by atoms with van der Waals surface area (Å²) in [5.41, 5.74) is 16.9. The lowest BCUT2D eigenvalue weighted by Crippen LogP contribution is -2.10. The lowest BCUT2D eigenvalue weighted by molar-refractivity contribution is 0.824. The molecule has 0 saturated heterocycles. The van der Waals surface area contributed by atoms with Crippen LogP contribution in [-0.4, -0.2) is 0 Å². The summed E-state index contributed by atoms with van der Waals surface area (Å²) < 4.78 is 0. The molecule has 0 spiro atoms. The fourth-order valence-corrected chi connectivity index (χ4v) is 10.5. The second-order valence-electron chi connectivity index (χ2n) is 15.8. The van der Waals surface area contributed by atoms with E-state index in [1.165, 1.54) is 105 Å². The molecule has 2 unspecified atom stereocenters. The summed E-state index contributed by atoms with van der Waals surface area (Å²) in [4.78, 5) is 0. The molecule has 0 aliphatic heterocycles. The molecule has 9 aromatic carbocycles. The molecule has 0 bridgehead atoms. The molecule has 0 nitrogen and oxygen atoms in total. The van der Waals surface area contributed by atoms with Crippen molar-refractivity contribution in [1.29, 1.82) is 0 Å². The van der Waals surface area contributed by atoms with E-state index in [0.29, 0.717) is 11.8 Å². The van der Waals surface area contributed by atoms with Crippen LogP contribution in [0, 0.1) is 5.92 Å². The summed E-state index contributed by atoms with van der Waals surface area (Å²) in [6.45, 7) is 4.00. The van der Waals surface area contributed by atoms with Gasteiger partial charge in [-0.25, -0.2) is 0 Å². The maximum absolute atomic E-state index is 2.62. The molecule has 0 heterocycles. The van der Waals surface area contributed by atoms with Gasteiger partial charge in [-0.15, -0.1) is 0 Å². The standard InChI is InChI=1S/C55H38.C2H6/c1-3-18-37-34(14-1)16-11-26-39(37)41-20-5-6-21-43(41)54-47-24-9-7-22-45(47)53(46-23-8-10-25-48(46)54)36-30-31-42-50-33-51(50)49-29-13-28-44(55(49)52(42)32-36)40-27-12-17-35-15-2-4-19-38(35)40;1-2/h1-29,32,50-51H,30-31,33H2;1-2H3. The molecule has 0 N–H and O–H groups in total. The first-order chi connectivity index (χ1) is 28.3. The highest BCUT2D eigenvalue weighted by molar-refractivity contribution is 6.21. The maximum Gasteiger partial charge on any atom is -0.00201 e. The van der Waals surface area contributed by atoms with Gasteiger partial charge in [-0.3, -0.25) is 0 Å². The number of allylic oxidation sites excluding steroid dienone is 4. The zero-order valence-electron chi connectivity index (χ0n) is 32.6. The molecule has 1 fully saturated rings. The highest BCUT2D eigenvalue weighted by atomic mass is 14.5. The molecule has 57 heavy (non-hydrogen) atoms. The average molecular weight is 729 g/mol. The van der Waals surface area contributed by atoms with Crippen LogP contribution in [0.1, 0.15) is 55.7 Å². The Morgan fingerprint density at radius 1 is 0.351 bits per heavy atom. The van der Waals surface area contributed by atoms with E-state index in [4.69, 9.17) is 0 Å². The molecular weight excluding hydrogens is 685 g/mol. The Balaban J connectivity index is 0.00000184. The molecule has 3 aliphatic carbocycles. The smallest absolute Gasteiger partial charge is 0.00201 e. The predicted octanol–water partition coefficient (Wildman–Crippen LogP) is 16.1. The van der Waals surface area contributed by atoms with E-state index in [9.17, 15) is 0 Å². The first-order valence-electron chi connectivity index (χ1n) is 20.9. The predicted molar refractivity (Wildman–Crippen MR) is 246 cm³/mol. The Morgan fingerprint density at radius 3 is 1.44 bits per heavy atom. The van der Waals surface area contributed by atoms with E-state index in [1.54, 1.807) is 11.1 Å². The molecule has 0 aromatic heterocycles. The van der Waals surface area contributed by atoms with E-state index in [1.807, 2.05) is 13.8 Å². The SMILES string of the molecule is C1=C(c2c3ccccc3c(-c3ccccc3-c3cccc4ccccc34)c3ccccc23)CCC2=C1c1c(-c3cccc4ccccc34)cccc1C1CC21.CC. The summed E-state index contributed by atoms with van der Waals surface area (Å²) in [6, 6.07) is 65.7. The minimum absolute atomic E-state index is 0.654. The number of fused-ring (bicyclic) bond motifs is 9. The van der Waals surface area contributed by atoms with Crippen LogP contribution in [0.5, 0.6) is 0 Å². The first kappa shape index (κ1) is 33.8. The van der Waals surface area contributed by atoms with Crippen LogP contribution in [0.4, 0.5) is 0 Å².